The lowest BCUT2D eigenvalue weighted by molar-refractivity contribution is -0.118. The summed E-state index contributed by atoms with van der Waals surface area (Å²) in [5, 5.41) is 3.96. The fourth-order valence-corrected chi connectivity index (χ4v) is 5.23. The third-order valence-corrected chi connectivity index (χ3v) is 7.81. The molecule has 1 amide bonds. The Labute approximate surface area is 224 Å². The second-order valence-electron chi connectivity index (χ2n) is 8.90. The number of ether oxygens (including phenoxy) is 1. The number of nitrogens with zero attached hydrogens (tertiary/aromatic N) is 3. The summed E-state index contributed by atoms with van der Waals surface area (Å²) in [5.74, 6) is 0.490. The summed E-state index contributed by atoms with van der Waals surface area (Å²) in [6, 6.07) is 17.3. The molecule has 3 aromatic carbocycles. The molecular weight excluding hydrogens is 515 g/mol. The summed E-state index contributed by atoms with van der Waals surface area (Å²) in [7, 11) is 2.14. The van der Waals surface area contributed by atoms with Crippen LogP contribution < -0.4 is 10.1 Å². The predicted molar refractivity (Wildman–Crippen MR) is 148 cm³/mol. The van der Waals surface area contributed by atoms with E-state index in [1.165, 1.54) is 0 Å². The first-order chi connectivity index (χ1) is 17.4. The maximum Gasteiger partial charge on any atom is 0.262 e. The number of piperazine rings is 1. The van der Waals surface area contributed by atoms with Gasteiger partial charge in [-0.1, -0.05) is 35.3 Å². The molecule has 0 radical (unpaired) electrons. The average molecular weight is 542 g/mol. The van der Waals surface area contributed by atoms with E-state index in [2.05, 4.69) is 33.2 Å². The molecule has 5 rings (SSSR count). The second kappa shape index (κ2) is 11.2. The van der Waals surface area contributed by atoms with Gasteiger partial charge in [0.1, 0.15) is 5.75 Å². The Kier molecular flexibility index (Phi) is 7.74. The van der Waals surface area contributed by atoms with Gasteiger partial charge in [0.15, 0.2) is 6.61 Å². The zero-order valence-corrected chi connectivity index (χ0v) is 22.2. The number of carbonyl (C=O) groups is 1. The van der Waals surface area contributed by atoms with Crippen LogP contribution in [0, 0.1) is 0 Å². The molecule has 0 unspecified atom stereocenters. The summed E-state index contributed by atoms with van der Waals surface area (Å²) in [6.45, 7) is 4.66. The fourth-order valence-electron chi connectivity index (χ4n) is 4.22. The molecule has 0 aliphatic carbocycles. The second-order valence-corrected chi connectivity index (χ2v) is 10.6. The normalized spacial score (nSPS) is 14.8. The number of carbonyl (C=O) groups excluding carboxylic acids is 1. The van der Waals surface area contributed by atoms with E-state index >= 15 is 0 Å². The number of benzene rings is 3. The van der Waals surface area contributed by atoms with Crippen molar-refractivity contribution in [3.8, 4) is 16.9 Å². The summed E-state index contributed by atoms with van der Waals surface area (Å²) < 4.78 is 7.06. The van der Waals surface area contributed by atoms with Gasteiger partial charge in [0.2, 0.25) is 0 Å². The molecule has 0 atom stereocenters. The molecule has 2 heterocycles. The summed E-state index contributed by atoms with van der Waals surface area (Å²) in [6.07, 6.45) is 0. The van der Waals surface area contributed by atoms with Gasteiger partial charge in [-0.2, -0.15) is 0 Å². The van der Waals surface area contributed by atoms with E-state index in [1.807, 2.05) is 42.5 Å². The van der Waals surface area contributed by atoms with Crippen molar-refractivity contribution in [1.29, 1.82) is 0 Å². The summed E-state index contributed by atoms with van der Waals surface area (Å²) in [4.78, 5) is 21.7. The molecule has 1 aliphatic rings. The molecule has 0 spiro atoms. The van der Waals surface area contributed by atoms with Crippen LogP contribution in [-0.2, 0) is 11.3 Å². The molecule has 1 fully saturated rings. The Balaban J connectivity index is 1.32. The van der Waals surface area contributed by atoms with Crippen LogP contribution in [0.3, 0.4) is 0 Å². The number of nitrogens with one attached hydrogen (secondary N) is 1. The zero-order valence-electron chi connectivity index (χ0n) is 19.8. The molecule has 1 aliphatic heterocycles. The molecule has 1 N–H and O–H groups in total. The number of likely N-dealkylation sites (N-methyl/N-ethyl adjacent to an activating group) is 1. The minimum absolute atomic E-state index is 0.0808. The number of fused-ring (bicyclic) bond motifs is 1. The lowest BCUT2D eigenvalue weighted by Crippen LogP contribution is -2.43. The highest BCUT2D eigenvalue weighted by Gasteiger charge is 2.17. The number of aromatic nitrogens is 1. The van der Waals surface area contributed by atoms with E-state index < -0.39 is 0 Å². The highest BCUT2D eigenvalue weighted by Crippen LogP contribution is 2.32. The Morgan fingerprint density at radius 1 is 1.00 bits per heavy atom. The molecule has 6 nitrogen and oxygen atoms in total. The van der Waals surface area contributed by atoms with Crippen molar-refractivity contribution in [2.75, 3.05) is 45.2 Å². The molecule has 36 heavy (non-hydrogen) atoms. The maximum absolute atomic E-state index is 12.7. The lowest BCUT2D eigenvalue weighted by atomic mass is 10.0. The highest BCUT2D eigenvalue weighted by atomic mass is 35.5. The number of hydrogen-bond donors (Lipinski definition) is 1. The van der Waals surface area contributed by atoms with Crippen molar-refractivity contribution in [2.45, 2.75) is 6.54 Å². The van der Waals surface area contributed by atoms with Gasteiger partial charge in [0.05, 0.1) is 25.8 Å². The minimum Gasteiger partial charge on any atom is -0.483 e. The van der Waals surface area contributed by atoms with E-state index in [9.17, 15) is 4.79 Å². The van der Waals surface area contributed by atoms with Crippen LogP contribution in [0.25, 0.3) is 21.3 Å². The quantitative estimate of drug-likeness (QED) is 0.310. The summed E-state index contributed by atoms with van der Waals surface area (Å²) in [5.41, 5.74) is 6.47. The molecule has 0 saturated carbocycles. The van der Waals surface area contributed by atoms with Gasteiger partial charge < -0.3 is 15.0 Å². The van der Waals surface area contributed by atoms with Crippen LogP contribution in [0.15, 0.2) is 60.1 Å². The van der Waals surface area contributed by atoms with Gasteiger partial charge in [-0.05, 0) is 60.6 Å². The average Bonchev–Trinajstić information content (AvgIpc) is 3.34. The van der Waals surface area contributed by atoms with Gasteiger partial charge in [0.25, 0.3) is 5.91 Å². The van der Waals surface area contributed by atoms with Crippen molar-refractivity contribution in [3.63, 3.8) is 0 Å². The predicted octanol–water partition coefficient (Wildman–Crippen LogP) is 6.04. The SMILES string of the molecule is CN1CCN(Cc2cc(-c3ccc(Cl)c(Cl)c3)ccc2OCC(=O)Nc2ccc3ncsc3c2)CC1. The molecule has 9 heteroatoms. The highest BCUT2D eigenvalue weighted by molar-refractivity contribution is 7.16. The minimum atomic E-state index is -0.210. The zero-order chi connectivity index (χ0) is 25.1. The first-order valence-corrected chi connectivity index (χ1v) is 13.3. The van der Waals surface area contributed by atoms with E-state index in [1.54, 1.807) is 22.9 Å². The smallest absolute Gasteiger partial charge is 0.262 e. The van der Waals surface area contributed by atoms with Gasteiger partial charge in [-0.3, -0.25) is 9.69 Å². The standard InChI is InChI=1S/C27H26Cl2N4O2S/c1-32-8-10-33(11-9-32)15-20-12-18(19-2-5-22(28)23(29)13-19)3-7-25(20)35-16-27(34)31-21-4-6-24-26(14-21)36-17-30-24/h2-7,12-14,17H,8-11,15-16H2,1H3,(H,31,34). The number of amides is 1. The molecule has 1 aromatic heterocycles. The molecule has 0 bridgehead atoms. The maximum atomic E-state index is 12.7. The van der Waals surface area contributed by atoms with E-state index in [-0.39, 0.29) is 12.5 Å². The van der Waals surface area contributed by atoms with E-state index in [0.717, 1.165) is 65.3 Å². The van der Waals surface area contributed by atoms with Gasteiger partial charge in [-0.15, -0.1) is 11.3 Å². The third kappa shape index (κ3) is 5.99. The van der Waals surface area contributed by atoms with Gasteiger partial charge in [0, 0.05) is 44.0 Å². The monoisotopic (exact) mass is 540 g/mol. The Morgan fingerprint density at radius 3 is 2.58 bits per heavy atom. The van der Waals surface area contributed by atoms with Crippen LogP contribution in [0.1, 0.15) is 5.56 Å². The fraction of sp³-hybridized carbons (Fsp3) is 0.259. The topological polar surface area (TPSA) is 57.7 Å². The number of halogens is 2. The molecule has 1 saturated heterocycles. The van der Waals surface area contributed by atoms with Crippen LogP contribution in [0.2, 0.25) is 10.0 Å². The van der Waals surface area contributed by atoms with Gasteiger partial charge >= 0.3 is 0 Å². The first kappa shape index (κ1) is 25.0. The summed E-state index contributed by atoms with van der Waals surface area (Å²) >= 11 is 13.9. The Hall–Kier alpha value is -2.68. The Morgan fingerprint density at radius 2 is 1.78 bits per heavy atom. The molecular formula is C27H26Cl2N4O2S. The van der Waals surface area contributed by atoms with E-state index in [0.29, 0.717) is 15.8 Å². The van der Waals surface area contributed by atoms with Crippen LogP contribution in [0.5, 0.6) is 5.75 Å². The number of thiazole rings is 1. The molecule has 186 valence electrons. The molecule has 4 aromatic rings. The van der Waals surface area contributed by atoms with Crippen LogP contribution in [-0.4, -0.2) is 60.5 Å². The van der Waals surface area contributed by atoms with Crippen molar-refractivity contribution < 1.29 is 9.53 Å². The first-order valence-electron chi connectivity index (χ1n) is 11.7. The van der Waals surface area contributed by atoms with Crippen LogP contribution >= 0.6 is 34.5 Å². The lowest BCUT2D eigenvalue weighted by Gasteiger charge is -2.32. The number of rotatable bonds is 7. The van der Waals surface area contributed by atoms with E-state index in [4.69, 9.17) is 27.9 Å². The van der Waals surface area contributed by atoms with Crippen LogP contribution in [0.4, 0.5) is 5.69 Å². The largest absolute Gasteiger partial charge is 0.483 e. The number of hydrogen-bond acceptors (Lipinski definition) is 6. The van der Waals surface area contributed by atoms with Gasteiger partial charge in [-0.25, -0.2) is 4.98 Å². The van der Waals surface area contributed by atoms with Crippen molar-refractivity contribution in [3.05, 3.63) is 75.7 Å². The third-order valence-electron chi connectivity index (χ3n) is 6.28. The number of anilines is 1. The van der Waals surface area contributed by atoms with Crippen molar-refractivity contribution >= 4 is 56.3 Å². The van der Waals surface area contributed by atoms with Crippen molar-refractivity contribution in [1.82, 2.24) is 14.8 Å². The Bertz CT molecular complexity index is 1390. The van der Waals surface area contributed by atoms with Crippen molar-refractivity contribution in [2.24, 2.45) is 0 Å².